The molecule has 0 aliphatic heterocycles. The van der Waals surface area contributed by atoms with Crippen molar-refractivity contribution < 1.29 is 0 Å². The Morgan fingerprint density at radius 1 is 1.00 bits per heavy atom. The Balaban J connectivity index is 2.58. The van der Waals surface area contributed by atoms with E-state index in [9.17, 15) is 0 Å². The minimum Gasteiger partial charge on any atom is -0.0955 e. The van der Waals surface area contributed by atoms with Crippen LogP contribution in [0, 0.1) is 16.2 Å². The van der Waals surface area contributed by atoms with Gasteiger partial charge in [0.05, 0.1) is 0 Å². The molecule has 2 saturated carbocycles. The highest BCUT2D eigenvalue weighted by molar-refractivity contribution is 5.43. The van der Waals surface area contributed by atoms with Crippen LogP contribution in [-0.4, -0.2) is 0 Å². The Kier molecular flexibility index (Phi) is 2.04. The van der Waals surface area contributed by atoms with Gasteiger partial charge in [0, 0.05) is 5.41 Å². The number of hydrogen-bond acceptors (Lipinski definition) is 0. The van der Waals surface area contributed by atoms with Crippen LogP contribution >= 0.6 is 0 Å². The van der Waals surface area contributed by atoms with Gasteiger partial charge in [0.25, 0.3) is 0 Å². The van der Waals surface area contributed by atoms with Gasteiger partial charge in [-0.15, -0.1) is 0 Å². The maximum absolute atomic E-state index is 4.33. The normalized spacial score (nSPS) is 44.3. The summed E-state index contributed by atoms with van der Waals surface area (Å²) in [6.07, 6.45) is 5.18. The molecule has 2 rings (SSSR count). The maximum atomic E-state index is 4.33. The van der Waals surface area contributed by atoms with Crippen molar-refractivity contribution in [2.45, 2.75) is 53.4 Å². The topological polar surface area (TPSA) is 0 Å². The van der Waals surface area contributed by atoms with E-state index < -0.39 is 0 Å². The van der Waals surface area contributed by atoms with Gasteiger partial charge in [0.1, 0.15) is 0 Å². The van der Waals surface area contributed by atoms with E-state index >= 15 is 0 Å². The molecule has 0 unspecified atom stereocenters. The van der Waals surface area contributed by atoms with Gasteiger partial charge in [-0.2, -0.15) is 0 Å². The molecule has 2 aliphatic rings. The van der Waals surface area contributed by atoms with Crippen LogP contribution in [0.5, 0.6) is 0 Å². The van der Waals surface area contributed by atoms with Crippen molar-refractivity contribution in [3.8, 4) is 0 Å². The highest BCUT2D eigenvalue weighted by Crippen LogP contribution is 2.70. The monoisotopic (exact) mass is 204 g/mol. The van der Waals surface area contributed by atoms with Crippen LogP contribution in [0.3, 0.4) is 0 Å². The molecule has 0 aromatic heterocycles. The quantitative estimate of drug-likeness (QED) is 0.535. The summed E-state index contributed by atoms with van der Waals surface area (Å²) >= 11 is 0. The Morgan fingerprint density at radius 2 is 1.60 bits per heavy atom. The van der Waals surface area contributed by atoms with E-state index in [4.69, 9.17) is 0 Å². The van der Waals surface area contributed by atoms with Gasteiger partial charge in [-0.05, 0) is 35.7 Å². The molecule has 2 fully saturated rings. The predicted molar refractivity (Wildman–Crippen MR) is 66.7 cm³/mol. The molecular formula is C15H24. The first kappa shape index (κ1) is 11.0. The van der Waals surface area contributed by atoms with Crippen molar-refractivity contribution in [1.82, 2.24) is 0 Å². The molecule has 2 atom stereocenters. The lowest BCUT2D eigenvalue weighted by Gasteiger charge is -2.56. The van der Waals surface area contributed by atoms with Gasteiger partial charge in [0.15, 0.2) is 0 Å². The van der Waals surface area contributed by atoms with Crippen LogP contribution in [-0.2, 0) is 0 Å². The summed E-state index contributed by atoms with van der Waals surface area (Å²) in [5, 5.41) is 0. The smallest absolute Gasteiger partial charge is 0.00294 e. The largest absolute Gasteiger partial charge is 0.0955 e. The zero-order chi connectivity index (χ0) is 11.5. The van der Waals surface area contributed by atoms with Crippen molar-refractivity contribution >= 4 is 0 Å². The van der Waals surface area contributed by atoms with Gasteiger partial charge in [-0.25, -0.2) is 0 Å². The third-order valence-electron chi connectivity index (χ3n) is 5.72. The lowest BCUT2D eigenvalue weighted by molar-refractivity contribution is -0.0396. The molecule has 0 heteroatoms. The molecule has 15 heavy (non-hydrogen) atoms. The van der Waals surface area contributed by atoms with Gasteiger partial charge >= 0.3 is 0 Å². The van der Waals surface area contributed by atoms with E-state index in [-0.39, 0.29) is 5.41 Å². The van der Waals surface area contributed by atoms with Gasteiger partial charge in [0.2, 0.25) is 0 Å². The number of rotatable bonds is 0. The van der Waals surface area contributed by atoms with Gasteiger partial charge in [-0.3, -0.25) is 0 Å². The van der Waals surface area contributed by atoms with Crippen LogP contribution < -0.4 is 0 Å². The average Bonchev–Trinajstić information content (AvgIpc) is 2.28. The molecule has 0 saturated heterocycles. The van der Waals surface area contributed by atoms with Gasteiger partial charge in [-0.1, -0.05) is 52.8 Å². The zero-order valence-electron chi connectivity index (χ0n) is 10.7. The molecule has 0 nitrogen and oxygen atoms in total. The summed E-state index contributed by atoms with van der Waals surface area (Å²) < 4.78 is 0. The van der Waals surface area contributed by atoms with Crippen molar-refractivity contribution in [2.24, 2.45) is 16.2 Å². The second kappa shape index (κ2) is 2.78. The van der Waals surface area contributed by atoms with Crippen LogP contribution in [0.25, 0.3) is 0 Å². The lowest BCUT2D eigenvalue weighted by Crippen LogP contribution is -2.48. The molecule has 0 bridgehead atoms. The first-order valence-corrected chi connectivity index (χ1v) is 6.12. The van der Waals surface area contributed by atoms with Crippen molar-refractivity contribution in [1.29, 1.82) is 0 Å². The van der Waals surface area contributed by atoms with Crippen LogP contribution in [0.15, 0.2) is 24.3 Å². The minimum absolute atomic E-state index is 0.259. The summed E-state index contributed by atoms with van der Waals surface area (Å²) in [5.74, 6) is 0. The predicted octanol–water partition coefficient (Wildman–Crippen LogP) is 4.73. The SMILES string of the molecule is C=C1C[C@]2(C)CCCC(C)(C)[C@]2(C)C1=C. The molecule has 0 N–H and O–H groups in total. The first-order chi connectivity index (χ1) is 6.75. The minimum atomic E-state index is 0.259. The molecule has 0 heterocycles. The third kappa shape index (κ3) is 1.08. The summed E-state index contributed by atoms with van der Waals surface area (Å²) in [5.41, 5.74) is 3.67. The third-order valence-corrected chi connectivity index (χ3v) is 5.72. The van der Waals surface area contributed by atoms with Crippen LogP contribution in [0.4, 0.5) is 0 Å². The number of hydrogen-bond donors (Lipinski definition) is 0. The van der Waals surface area contributed by atoms with E-state index in [2.05, 4.69) is 40.9 Å². The van der Waals surface area contributed by atoms with Crippen molar-refractivity contribution in [3.05, 3.63) is 24.3 Å². The zero-order valence-corrected chi connectivity index (χ0v) is 10.7. The molecular weight excluding hydrogens is 180 g/mol. The molecule has 0 radical (unpaired) electrons. The number of allylic oxidation sites excluding steroid dienone is 2. The van der Waals surface area contributed by atoms with E-state index in [0.29, 0.717) is 10.8 Å². The van der Waals surface area contributed by atoms with E-state index in [1.54, 1.807) is 0 Å². The molecule has 0 amide bonds. The van der Waals surface area contributed by atoms with E-state index in [0.717, 1.165) is 6.42 Å². The molecule has 0 aromatic rings. The fourth-order valence-electron chi connectivity index (χ4n) is 4.21. The van der Waals surface area contributed by atoms with Crippen molar-refractivity contribution in [3.63, 3.8) is 0 Å². The fourth-order valence-corrected chi connectivity index (χ4v) is 4.21. The van der Waals surface area contributed by atoms with Crippen LogP contribution in [0.2, 0.25) is 0 Å². The van der Waals surface area contributed by atoms with Crippen molar-refractivity contribution in [2.75, 3.05) is 0 Å². The summed E-state index contributed by atoms with van der Waals surface area (Å²) in [6, 6.07) is 0. The molecule has 84 valence electrons. The van der Waals surface area contributed by atoms with E-state index in [1.165, 1.54) is 30.4 Å². The average molecular weight is 204 g/mol. The lowest BCUT2D eigenvalue weighted by atomic mass is 9.48. The molecule has 0 spiro atoms. The second-order valence-corrected chi connectivity index (χ2v) is 6.68. The Bertz CT molecular complexity index is 334. The second-order valence-electron chi connectivity index (χ2n) is 6.68. The fraction of sp³-hybridized carbons (Fsp3) is 0.733. The van der Waals surface area contributed by atoms with E-state index in [1.807, 2.05) is 0 Å². The van der Waals surface area contributed by atoms with Crippen LogP contribution in [0.1, 0.15) is 53.4 Å². The highest BCUT2D eigenvalue weighted by atomic mass is 14.6. The first-order valence-electron chi connectivity index (χ1n) is 6.12. The molecule has 2 aliphatic carbocycles. The Morgan fingerprint density at radius 3 is 2.13 bits per heavy atom. The standard InChI is InChI=1S/C15H24/c1-11-10-14(5)9-7-8-13(3,4)15(14,6)12(11)2/h1-2,7-10H2,3-6H3/t14-,15-/m0/s1. The van der Waals surface area contributed by atoms with Gasteiger partial charge < -0.3 is 0 Å². The Hall–Kier alpha value is -0.520. The Labute approximate surface area is 94.5 Å². The summed E-state index contributed by atoms with van der Waals surface area (Å²) in [6.45, 7) is 18.2. The highest BCUT2D eigenvalue weighted by Gasteiger charge is 2.60. The summed E-state index contributed by atoms with van der Waals surface area (Å²) in [4.78, 5) is 0. The summed E-state index contributed by atoms with van der Waals surface area (Å²) in [7, 11) is 0. The maximum Gasteiger partial charge on any atom is 0.00294 e. The number of fused-ring (bicyclic) bond motifs is 1. The molecule has 0 aromatic carbocycles.